The van der Waals surface area contributed by atoms with Crippen LogP contribution in [-0.2, 0) is 25.5 Å². The van der Waals surface area contributed by atoms with E-state index in [0.717, 1.165) is 7.11 Å². The van der Waals surface area contributed by atoms with E-state index in [1.165, 1.54) is 0 Å². The van der Waals surface area contributed by atoms with Crippen molar-refractivity contribution < 1.29 is 32.3 Å². The Balaban J connectivity index is 0. The Labute approximate surface area is 59.3 Å². The van der Waals surface area contributed by atoms with Gasteiger partial charge in [-0.15, -0.1) is 0 Å². The molecular weight excluding hydrogens is 263 g/mol. The molecule has 0 unspecified atom stereocenters. The molecule has 0 radical (unpaired) electrons. The third-order valence-electron chi connectivity index (χ3n) is 0.224. The first-order valence-corrected chi connectivity index (χ1v) is 5.31. The number of hydrogen-bond acceptors (Lipinski definition) is 4. The van der Waals surface area contributed by atoms with E-state index < -0.39 is 20.1 Å². The standard InChI is InChI=1S/CH3O.3O.Sb.Zn/c1-2;;;;;/h1H3;;;;;/q-1;;2*-1;+1;+2. The summed E-state index contributed by atoms with van der Waals surface area (Å²) < 4.78 is 31.5. The van der Waals surface area contributed by atoms with Crippen LogP contribution in [0.3, 0.4) is 0 Å². The minimum atomic E-state index is -5.40. The van der Waals surface area contributed by atoms with Gasteiger partial charge >= 0.3 is 59.4 Å². The van der Waals surface area contributed by atoms with Gasteiger partial charge in [0.15, 0.2) is 0 Å². The summed E-state index contributed by atoms with van der Waals surface area (Å²) in [4.78, 5) is 0. The molecule has 0 atom stereocenters. The second kappa shape index (κ2) is 4.05. The topological polar surface area (TPSA) is 72.4 Å². The Morgan fingerprint density at radius 2 is 1.71 bits per heavy atom. The van der Waals surface area contributed by atoms with Crippen molar-refractivity contribution in [1.29, 1.82) is 0 Å². The summed E-state index contributed by atoms with van der Waals surface area (Å²) in [6, 6.07) is 0. The molecule has 0 fully saturated rings. The molecule has 0 aliphatic heterocycles. The van der Waals surface area contributed by atoms with Gasteiger partial charge in [-0.3, -0.25) is 0 Å². The second-order valence-electron chi connectivity index (χ2n) is 0.630. The summed E-state index contributed by atoms with van der Waals surface area (Å²) in [5.74, 6) is 0. The first-order valence-electron chi connectivity index (χ1n) is 1.14. The Morgan fingerprint density at radius 1 is 1.57 bits per heavy atom. The molecule has 0 N–H and O–H groups in total. The molecule has 4 nitrogen and oxygen atoms in total. The molecule has 0 aliphatic carbocycles. The quantitative estimate of drug-likeness (QED) is 0.481. The van der Waals surface area contributed by atoms with Gasteiger partial charge in [-0.2, -0.15) is 0 Å². The summed E-state index contributed by atoms with van der Waals surface area (Å²) in [6.45, 7) is 0. The normalized spacial score (nSPS) is 10.1. The molecule has 38 valence electrons. The van der Waals surface area contributed by atoms with Crippen LogP contribution >= 0.6 is 0 Å². The van der Waals surface area contributed by atoms with E-state index >= 15 is 0 Å². The summed E-state index contributed by atoms with van der Waals surface area (Å²) in [5, 5.41) is 0. The number of hydrogen-bond donors (Lipinski definition) is 0. The minimum Gasteiger partial charge on any atom is 2.00 e. The van der Waals surface area contributed by atoms with Crippen LogP contribution in [0.25, 0.3) is 0 Å². The largest absolute Gasteiger partial charge is 2.00 e. The summed E-state index contributed by atoms with van der Waals surface area (Å²) in [5.41, 5.74) is 0. The van der Waals surface area contributed by atoms with Crippen molar-refractivity contribution in [3.63, 3.8) is 0 Å². The zero-order chi connectivity index (χ0) is 5.21. The van der Waals surface area contributed by atoms with Crippen LogP contribution in [0.4, 0.5) is 0 Å². The van der Waals surface area contributed by atoms with Gasteiger partial charge < -0.3 is 0 Å². The SMILES string of the molecule is C[O][Sb](=[O])([O-])[O-].[Zn+2]. The van der Waals surface area contributed by atoms with Crippen molar-refractivity contribution in [2.45, 2.75) is 0 Å². The van der Waals surface area contributed by atoms with Gasteiger partial charge in [-0.05, 0) is 0 Å². The number of rotatable bonds is 1. The van der Waals surface area contributed by atoms with Gasteiger partial charge in [0, 0.05) is 0 Å². The van der Waals surface area contributed by atoms with Gasteiger partial charge in [0.05, 0.1) is 0 Å². The van der Waals surface area contributed by atoms with Crippen LogP contribution in [0.15, 0.2) is 0 Å². The summed E-state index contributed by atoms with van der Waals surface area (Å²) in [6.07, 6.45) is 0. The Hall–Kier alpha value is 1.12. The van der Waals surface area contributed by atoms with Crippen molar-refractivity contribution in [3.8, 4) is 0 Å². The Bertz CT molecular complexity index is 75.8. The monoisotopic (exact) mass is 264 g/mol. The molecule has 7 heavy (non-hydrogen) atoms. The molecular formula is CH3O4SbZn. The molecule has 0 saturated heterocycles. The average Bonchev–Trinajstić information content (AvgIpc) is 1.35. The van der Waals surface area contributed by atoms with Crippen LogP contribution in [-0.4, -0.2) is 27.2 Å². The molecule has 0 rings (SSSR count). The molecule has 0 amide bonds. The Kier molecular flexibility index (Phi) is 6.35. The zero-order valence-corrected chi connectivity index (χ0v) is 9.31. The minimum absolute atomic E-state index is 0. The fourth-order valence-corrected chi connectivity index (χ4v) is 0. The van der Waals surface area contributed by atoms with Gasteiger partial charge in [-0.1, -0.05) is 0 Å². The van der Waals surface area contributed by atoms with E-state index in [0.29, 0.717) is 0 Å². The molecule has 0 heterocycles. The van der Waals surface area contributed by atoms with Crippen molar-refractivity contribution in [3.05, 3.63) is 0 Å². The summed E-state index contributed by atoms with van der Waals surface area (Å²) in [7, 11) is 0.860. The maximum Gasteiger partial charge on any atom is 2.00 e. The smallest absolute Gasteiger partial charge is 2.00 e. The molecule has 0 saturated carbocycles. The van der Waals surface area contributed by atoms with Crippen molar-refractivity contribution in [2.24, 2.45) is 0 Å². The van der Waals surface area contributed by atoms with Crippen LogP contribution in [0.1, 0.15) is 0 Å². The first kappa shape index (κ1) is 11.0. The molecule has 0 spiro atoms. The van der Waals surface area contributed by atoms with Gasteiger partial charge in [0.2, 0.25) is 0 Å². The van der Waals surface area contributed by atoms with Crippen molar-refractivity contribution in [1.82, 2.24) is 0 Å². The molecule has 0 aromatic heterocycles. The van der Waals surface area contributed by atoms with Crippen LogP contribution in [0, 0.1) is 0 Å². The van der Waals surface area contributed by atoms with Gasteiger partial charge in [-0.25, -0.2) is 0 Å². The fourth-order valence-electron chi connectivity index (χ4n) is 0. The van der Waals surface area contributed by atoms with E-state index in [1.807, 2.05) is 0 Å². The van der Waals surface area contributed by atoms with Crippen molar-refractivity contribution in [2.75, 3.05) is 7.11 Å². The molecule has 0 aromatic rings. The van der Waals surface area contributed by atoms with Gasteiger partial charge in [0.1, 0.15) is 0 Å². The summed E-state index contributed by atoms with van der Waals surface area (Å²) >= 11 is -5.40. The predicted molar refractivity (Wildman–Crippen MR) is 13.4 cm³/mol. The Morgan fingerprint density at radius 3 is 1.71 bits per heavy atom. The zero-order valence-electron chi connectivity index (χ0n) is 3.79. The maximum atomic E-state index is 9.34. The average molecular weight is 266 g/mol. The van der Waals surface area contributed by atoms with E-state index in [-0.39, 0.29) is 19.5 Å². The van der Waals surface area contributed by atoms with E-state index in [9.17, 15) is 9.79 Å². The predicted octanol–water partition coefficient (Wildman–Crippen LogP) is -2.78. The van der Waals surface area contributed by atoms with E-state index in [2.05, 4.69) is 3.02 Å². The third-order valence-corrected chi connectivity index (χ3v) is 1.50. The third kappa shape index (κ3) is 11.0. The van der Waals surface area contributed by atoms with Crippen LogP contribution in [0.2, 0.25) is 0 Å². The fraction of sp³-hybridized carbons (Fsp3) is 1.00. The van der Waals surface area contributed by atoms with E-state index in [1.54, 1.807) is 0 Å². The molecule has 0 bridgehead atoms. The molecule has 0 aromatic carbocycles. The molecule has 6 heteroatoms. The van der Waals surface area contributed by atoms with Crippen LogP contribution < -0.4 is 6.77 Å². The molecule has 0 aliphatic rings. The first-order chi connectivity index (χ1) is 2.56. The maximum absolute atomic E-state index is 9.34. The second-order valence-corrected chi connectivity index (χ2v) is 4.22. The van der Waals surface area contributed by atoms with Crippen LogP contribution in [0.5, 0.6) is 0 Å². The van der Waals surface area contributed by atoms with Gasteiger partial charge in [0.25, 0.3) is 0 Å². The van der Waals surface area contributed by atoms with Crippen molar-refractivity contribution >= 4 is 20.1 Å². The van der Waals surface area contributed by atoms with E-state index in [4.69, 9.17) is 0 Å².